The summed E-state index contributed by atoms with van der Waals surface area (Å²) in [5, 5.41) is 12.6. The van der Waals surface area contributed by atoms with Gasteiger partial charge in [-0.1, -0.05) is 18.2 Å². The molecule has 1 N–H and O–H groups in total. The van der Waals surface area contributed by atoms with Gasteiger partial charge in [0.2, 0.25) is 0 Å². The number of aromatic nitrogens is 2. The molecule has 0 saturated heterocycles. The summed E-state index contributed by atoms with van der Waals surface area (Å²) in [4.78, 5) is 4.25. The summed E-state index contributed by atoms with van der Waals surface area (Å²) in [6.45, 7) is 0. The standard InChI is InChI=1S/C17H18N2O2/c1-19-8-7-18-17(19)11-16(20)14-4-3-13-10-15(21-2)6-5-12(13)9-14/h3-10,16,20H,11H2,1-2H3. The van der Waals surface area contributed by atoms with Crippen LogP contribution in [0.15, 0.2) is 48.8 Å². The highest BCUT2D eigenvalue weighted by Gasteiger charge is 2.12. The van der Waals surface area contributed by atoms with E-state index in [-0.39, 0.29) is 0 Å². The fraction of sp³-hybridized carbons (Fsp3) is 0.235. The highest BCUT2D eigenvalue weighted by molar-refractivity contribution is 5.84. The van der Waals surface area contributed by atoms with Gasteiger partial charge in [0, 0.05) is 25.9 Å². The van der Waals surface area contributed by atoms with Crippen LogP contribution >= 0.6 is 0 Å². The first kappa shape index (κ1) is 13.6. The SMILES string of the molecule is COc1ccc2cc(C(O)Cc3nccn3C)ccc2c1. The lowest BCUT2D eigenvalue weighted by atomic mass is 10.0. The molecule has 0 aliphatic heterocycles. The molecule has 0 radical (unpaired) electrons. The second kappa shape index (κ2) is 5.58. The van der Waals surface area contributed by atoms with Crippen LogP contribution in [0.5, 0.6) is 5.75 Å². The second-order valence-corrected chi connectivity index (χ2v) is 5.15. The summed E-state index contributed by atoms with van der Waals surface area (Å²) in [5.74, 6) is 1.71. The predicted octanol–water partition coefficient (Wildman–Crippen LogP) is 2.86. The van der Waals surface area contributed by atoms with Crippen LogP contribution in [-0.4, -0.2) is 21.8 Å². The van der Waals surface area contributed by atoms with E-state index in [9.17, 15) is 5.11 Å². The van der Waals surface area contributed by atoms with Crippen LogP contribution in [0.4, 0.5) is 0 Å². The summed E-state index contributed by atoms with van der Waals surface area (Å²) >= 11 is 0. The molecular formula is C17H18N2O2. The molecular weight excluding hydrogens is 264 g/mol. The molecule has 108 valence electrons. The van der Waals surface area contributed by atoms with Crippen molar-refractivity contribution in [3.8, 4) is 5.75 Å². The van der Waals surface area contributed by atoms with Gasteiger partial charge in [0.15, 0.2) is 0 Å². The number of aliphatic hydroxyl groups excluding tert-OH is 1. The lowest BCUT2D eigenvalue weighted by molar-refractivity contribution is 0.175. The van der Waals surface area contributed by atoms with E-state index in [1.165, 1.54) is 0 Å². The number of benzene rings is 2. The Morgan fingerprint density at radius 1 is 1.19 bits per heavy atom. The van der Waals surface area contributed by atoms with Gasteiger partial charge in [0.05, 0.1) is 13.2 Å². The number of hydrogen-bond donors (Lipinski definition) is 1. The maximum absolute atomic E-state index is 10.4. The van der Waals surface area contributed by atoms with Gasteiger partial charge in [0.25, 0.3) is 0 Å². The molecule has 0 bridgehead atoms. The Labute approximate surface area is 123 Å². The Balaban J connectivity index is 1.88. The number of rotatable bonds is 4. The Morgan fingerprint density at radius 3 is 2.67 bits per heavy atom. The highest BCUT2D eigenvalue weighted by atomic mass is 16.5. The molecule has 0 aliphatic carbocycles. The van der Waals surface area contributed by atoms with E-state index in [1.54, 1.807) is 13.3 Å². The molecule has 0 amide bonds. The smallest absolute Gasteiger partial charge is 0.119 e. The van der Waals surface area contributed by atoms with Crippen LogP contribution in [0.3, 0.4) is 0 Å². The van der Waals surface area contributed by atoms with Gasteiger partial charge >= 0.3 is 0 Å². The number of nitrogens with zero attached hydrogens (tertiary/aromatic N) is 2. The summed E-state index contributed by atoms with van der Waals surface area (Å²) in [6.07, 6.45) is 3.58. The molecule has 1 atom stereocenters. The van der Waals surface area contributed by atoms with E-state index in [0.29, 0.717) is 6.42 Å². The monoisotopic (exact) mass is 282 g/mol. The van der Waals surface area contributed by atoms with Crippen molar-refractivity contribution in [2.75, 3.05) is 7.11 Å². The van der Waals surface area contributed by atoms with E-state index in [0.717, 1.165) is 27.9 Å². The van der Waals surface area contributed by atoms with Crippen LogP contribution in [0.25, 0.3) is 10.8 Å². The Hall–Kier alpha value is -2.33. The normalized spacial score (nSPS) is 12.5. The van der Waals surface area contributed by atoms with Gasteiger partial charge in [-0.25, -0.2) is 4.98 Å². The van der Waals surface area contributed by atoms with Gasteiger partial charge in [0.1, 0.15) is 11.6 Å². The van der Waals surface area contributed by atoms with Crippen molar-refractivity contribution in [3.63, 3.8) is 0 Å². The summed E-state index contributed by atoms with van der Waals surface area (Å²) in [7, 11) is 3.59. The average molecular weight is 282 g/mol. The van der Waals surface area contributed by atoms with Gasteiger partial charge in [-0.2, -0.15) is 0 Å². The topological polar surface area (TPSA) is 47.3 Å². The van der Waals surface area contributed by atoms with E-state index < -0.39 is 6.10 Å². The lowest BCUT2D eigenvalue weighted by Crippen LogP contribution is -2.06. The molecule has 4 nitrogen and oxygen atoms in total. The van der Waals surface area contributed by atoms with Crippen molar-refractivity contribution >= 4 is 10.8 Å². The fourth-order valence-corrected chi connectivity index (χ4v) is 2.46. The number of ether oxygens (including phenoxy) is 1. The number of aliphatic hydroxyl groups is 1. The van der Waals surface area contributed by atoms with Crippen LogP contribution < -0.4 is 4.74 Å². The minimum Gasteiger partial charge on any atom is -0.497 e. The average Bonchev–Trinajstić information content (AvgIpc) is 2.91. The quantitative estimate of drug-likeness (QED) is 0.800. The van der Waals surface area contributed by atoms with Crippen molar-refractivity contribution in [3.05, 3.63) is 60.2 Å². The largest absolute Gasteiger partial charge is 0.497 e. The van der Waals surface area contributed by atoms with E-state index in [4.69, 9.17) is 4.74 Å². The molecule has 0 saturated carbocycles. The molecule has 0 aliphatic rings. The third-order valence-corrected chi connectivity index (χ3v) is 3.75. The van der Waals surface area contributed by atoms with Gasteiger partial charge in [-0.15, -0.1) is 0 Å². The number of aryl methyl sites for hydroxylation is 1. The minimum atomic E-state index is -0.558. The van der Waals surface area contributed by atoms with E-state index in [2.05, 4.69) is 4.98 Å². The number of imidazole rings is 1. The fourth-order valence-electron chi connectivity index (χ4n) is 2.46. The lowest BCUT2D eigenvalue weighted by Gasteiger charge is -2.12. The van der Waals surface area contributed by atoms with Crippen LogP contribution in [0.1, 0.15) is 17.5 Å². The molecule has 3 aromatic rings. The summed E-state index contributed by atoms with van der Waals surface area (Å²) in [6, 6.07) is 11.9. The molecule has 0 fully saturated rings. The molecule has 4 heteroatoms. The van der Waals surface area contributed by atoms with Crippen molar-refractivity contribution in [2.45, 2.75) is 12.5 Å². The van der Waals surface area contributed by atoms with Crippen molar-refractivity contribution in [2.24, 2.45) is 7.05 Å². The summed E-state index contributed by atoms with van der Waals surface area (Å²) in [5.41, 5.74) is 0.899. The molecule has 1 aromatic heterocycles. The van der Waals surface area contributed by atoms with Crippen LogP contribution in [-0.2, 0) is 13.5 Å². The zero-order valence-corrected chi connectivity index (χ0v) is 12.2. The number of fused-ring (bicyclic) bond motifs is 1. The first-order valence-electron chi connectivity index (χ1n) is 6.89. The number of methoxy groups -OCH3 is 1. The Kier molecular flexibility index (Phi) is 3.62. The maximum Gasteiger partial charge on any atom is 0.119 e. The Bertz CT molecular complexity index is 764. The first-order chi connectivity index (χ1) is 10.2. The summed E-state index contributed by atoms with van der Waals surface area (Å²) < 4.78 is 7.15. The van der Waals surface area contributed by atoms with E-state index >= 15 is 0 Å². The highest BCUT2D eigenvalue weighted by Crippen LogP contribution is 2.25. The van der Waals surface area contributed by atoms with Crippen molar-refractivity contribution in [1.29, 1.82) is 0 Å². The molecule has 0 spiro atoms. The molecule has 3 rings (SSSR count). The molecule has 2 aromatic carbocycles. The first-order valence-corrected chi connectivity index (χ1v) is 6.89. The second-order valence-electron chi connectivity index (χ2n) is 5.15. The van der Waals surface area contributed by atoms with Crippen molar-refractivity contribution in [1.82, 2.24) is 9.55 Å². The van der Waals surface area contributed by atoms with Gasteiger partial charge in [-0.05, 0) is 34.5 Å². The molecule has 1 unspecified atom stereocenters. The number of hydrogen-bond acceptors (Lipinski definition) is 3. The molecule has 1 heterocycles. The minimum absolute atomic E-state index is 0.505. The third kappa shape index (κ3) is 2.76. The van der Waals surface area contributed by atoms with Crippen LogP contribution in [0, 0.1) is 0 Å². The van der Waals surface area contributed by atoms with Gasteiger partial charge < -0.3 is 14.4 Å². The predicted molar refractivity (Wildman–Crippen MR) is 82.4 cm³/mol. The maximum atomic E-state index is 10.4. The van der Waals surface area contributed by atoms with Gasteiger partial charge in [-0.3, -0.25) is 0 Å². The van der Waals surface area contributed by atoms with Crippen LogP contribution in [0.2, 0.25) is 0 Å². The van der Waals surface area contributed by atoms with E-state index in [1.807, 2.05) is 54.2 Å². The van der Waals surface area contributed by atoms with Crippen molar-refractivity contribution < 1.29 is 9.84 Å². The Morgan fingerprint density at radius 2 is 1.95 bits per heavy atom. The third-order valence-electron chi connectivity index (χ3n) is 3.75. The zero-order chi connectivity index (χ0) is 14.8. The molecule has 21 heavy (non-hydrogen) atoms. The zero-order valence-electron chi connectivity index (χ0n) is 12.2.